The van der Waals surface area contributed by atoms with Crippen molar-refractivity contribution in [3.05, 3.63) is 12.2 Å². The topological polar surface area (TPSA) is 54.4 Å². The lowest BCUT2D eigenvalue weighted by molar-refractivity contribution is -0.137. The molecule has 0 aromatic heterocycles. The SMILES string of the molecule is CC(=O)C=CC(C)CC(=O)O. The predicted molar refractivity (Wildman–Crippen MR) is 41.2 cm³/mol. The van der Waals surface area contributed by atoms with E-state index in [1.165, 1.54) is 13.0 Å². The molecule has 0 rings (SSSR count). The maximum atomic E-state index is 10.4. The fourth-order valence-electron chi connectivity index (χ4n) is 0.643. The van der Waals surface area contributed by atoms with Crippen LogP contribution in [0.1, 0.15) is 20.3 Å². The lowest BCUT2D eigenvalue weighted by Gasteiger charge is -1.98. The molecule has 62 valence electrons. The second-order valence-corrected chi connectivity index (χ2v) is 2.54. The van der Waals surface area contributed by atoms with Gasteiger partial charge in [0, 0.05) is 0 Å². The van der Waals surface area contributed by atoms with Gasteiger partial charge in [-0.15, -0.1) is 0 Å². The Morgan fingerprint density at radius 1 is 1.55 bits per heavy atom. The van der Waals surface area contributed by atoms with Crippen molar-refractivity contribution in [3.63, 3.8) is 0 Å². The molecule has 3 nitrogen and oxygen atoms in total. The molecule has 0 bridgehead atoms. The van der Waals surface area contributed by atoms with Crippen LogP contribution in [0.5, 0.6) is 0 Å². The van der Waals surface area contributed by atoms with E-state index in [2.05, 4.69) is 0 Å². The minimum Gasteiger partial charge on any atom is -0.481 e. The largest absolute Gasteiger partial charge is 0.481 e. The number of ketones is 1. The Morgan fingerprint density at radius 3 is 2.45 bits per heavy atom. The maximum absolute atomic E-state index is 10.4. The molecule has 0 heterocycles. The normalized spacial score (nSPS) is 13.3. The van der Waals surface area contributed by atoms with Gasteiger partial charge >= 0.3 is 5.97 Å². The van der Waals surface area contributed by atoms with Gasteiger partial charge in [0.15, 0.2) is 5.78 Å². The smallest absolute Gasteiger partial charge is 0.303 e. The number of hydrogen-bond acceptors (Lipinski definition) is 2. The minimum absolute atomic E-state index is 0.0535. The molecule has 1 unspecified atom stereocenters. The monoisotopic (exact) mass is 156 g/mol. The van der Waals surface area contributed by atoms with Gasteiger partial charge in [-0.25, -0.2) is 0 Å². The Bertz CT molecular complexity index is 182. The van der Waals surface area contributed by atoms with E-state index in [0.29, 0.717) is 0 Å². The van der Waals surface area contributed by atoms with Crippen molar-refractivity contribution in [3.8, 4) is 0 Å². The van der Waals surface area contributed by atoms with Gasteiger partial charge in [-0.05, 0) is 18.9 Å². The zero-order valence-corrected chi connectivity index (χ0v) is 6.70. The third kappa shape index (κ3) is 6.77. The van der Waals surface area contributed by atoms with Crippen LogP contribution in [0.25, 0.3) is 0 Å². The predicted octanol–water partition coefficient (Wildman–Crippen LogP) is 1.24. The van der Waals surface area contributed by atoms with Crippen molar-refractivity contribution >= 4 is 11.8 Å². The highest BCUT2D eigenvalue weighted by atomic mass is 16.4. The average molecular weight is 156 g/mol. The summed E-state index contributed by atoms with van der Waals surface area (Å²) in [4.78, 5) is 20.5. The molecule has 0 spiro atoms. The minimum atomic E-state index is -0.842. The Hall–Kier alpha value is -1.12. The van der Waals surface area contributed by atoms with E-state index in [4.69, 9.17) is 5.11 Å². The zero-order chi connectivity index (χ0) is 8.85. The van der Waals surface area contributed by atoms with Crippen LogP contribution >= 0.6 is 0 Å². The fraction of sp³-hybridized carbons (Fsp3) is 0.500. The highest BCUT2D eigenvalue weighted by Crippen LogP contribution is 2.02. The number of carboxylic acids is 1. The number of carbonyl (C=O) groups excluding carboxylic acids is 1. The van der Waals surface area contributed by atoms with E-state index in [1.807, 2.05) is 0 Å². The Labute approximate surface area is 65.7 Å². The van der Waals surface area contributed by atoms with Crippen molar-refractivity contribution in [2.45, 2.75) is 20.3 Å². The zero-order valence-electron chi connectivity index (χ0n) is 6.70. The molecule has 0 aromatic rings. The number of allylic oxidation sites excluding steroid dienone is 2. The van der Waals surface area contributed by atoms with Crippen LogP contribution in [0.15, 0.2) is 12.2 Å². The highest BCUT2D eigenvalue weighted by Gasteiger charge is 2.02. The number of hydrogen-bond donors (Lipinski definition) is 1. The first-order chi connectivity index (χ1) is 5.02. The molecular formula is C8H12O3. The molecule has 0 aliphatic rings. The summed E-state index contributed by atoms with van der Waals surface area (Å²) in [7, 11) is 0. The number of carbonyl (C=O) groups is 2. The molecule has 11 heavy (non-hydrogen) atoms. The number of aliphatic carboxylic acids is 1. The van der Waals surface area contributed by atoms with Crippen molar-refractivity contribution < 1.29 is 14.7 Å². The molecule has 0 aromatic carbocycles. The molecule has 0 fully saturated rings. The van der Waals surface area contributed by atoms with Crippen LogP contribution in [-0.4, -0.2) is 16.9 Å². The van der Waals surface area contributed by atoms with Crippen LogP contribution in [0.3, 0.4) is 0 Å². The van der Waals surface area contributed by atoms with Crippen LogP contribution in [0.2, 0.25) is 0 Å². The van der Waals surface area contributed by atoms with Gasteiger partial charge in [0.1, 0.15) is 0 Å². The van der Waals surface area contributed by atoms with Crippen molar-refractivity contribution in [1.82, 2.24) is 0 Å². The standard InChI is InChI=1S/C8H12O3/c1-6(5-8(10)11)3-4-7(2)9/h3-4,6H,5H2,1-2H3,(H,10,11). The van der Waals surface area contributed by atoms with Crippen molar-refractivity contribution in [2.75, 3.05) is 0 Å². The van der Waals surface area contributed by atoms with E-state index in [-0.39, 0.29) is 18.1 Å². The summed E-state index contributed by atoms with van der Waals surface area (Å²) < 4.78 is 0. The van der Waals surface area contributed by atoms with E-state index in [9.17, 15) is 9.59 Å². The third-order valence-corrected chi connectivity index (χ3v) is 1.16. The van der Waals surface area contributed by atoms with Gasteiger partial charge in [-0.3, -0.25) is 9.59 Å². The fourth-order valence-corrected chi connectivity index (χ4v) is 0.643. The van der Waals surface area contributed by atoms with Gasteiger partial charge < -0.3 is 5.11 Å². The van der Waals surface area contributed by atoms with Gasteiger partial charge in [-0.2, -0.15) is 0 Å². The van der Waals surface area contributed by atoms with Crippen LogP contribution in [0.4, 0.5) is 0 Å². The van der Waals surface area contributed by atoms with E-state index in [1.54, 1.807) is 13.0 Å². The summed E-state index contributed by atoms with van der Waals surface area (Å²) in [5.74, 6) is -0.968. The molecule has 1 N–H and O–H groups in total. The highest BCUT2D eigenvalue weighted by molar-refractivity contribution is 5.87. The van der Waals surface area contributed by atoms with Gasteiger partial charge in [0.25, 0.3) is 0 Å². The van der Waals surface area contributed by atoms with Gasteiger partial charge in [0.05, 0.1) is 6.42 Å². The third-order valence-electron chi connectivity index (χ3n) is 1.16. The first kappa shape index (κ1) is 9.88. The second-order valence-electron chi connectivity index (χ2n) is 2.54. The molecule has 0 saturated heterocycles. The van der Waals surface area contributed by atoms with Gasteiger partial charge in [0.2, 0.25) is 0 Å². The molecule has 0 saturated carbocycles. The number of rotatable bonds is 4. The van der Waals surface area contributed by atoms with E-state index in [0.717, 1.165) is 0 Å². The molecule has 0 aliphatic heterocycles. The Morgan fingerprint density at radius 2 is 2.09 bits per heavy atom. The van der Waals surface area contributed by atoms with E-state index >= 15 is 0 Å². The molecule has 0 aliphatic carbocycles. The summed E-state index contributed by atoms with van der Waals surface area (Å²) in [6, 6.07) is 0. The summed E-state index contributed by atoms with van der Waals surface area (Å²) in [6.45, 7) is 3.19. The van der Waals surface area contributed by atoms with Gasteiger partial charge in [-0.1, -0.05) is 13.0 Å². The summed E-state index contributed by atoms with van der Waals surface area (Å²) in [5, 5.41) is 8.33. The average Bonchev–Trinajstić information content (AvgIpc) is 1.82. The summed E-state index contributed by atoms with van der Waals surface area (Å²) in [5.41, 5.74) is 0. The van der Waals surface area contributed by atoms with Crippen LogP contribution in [-0.2, 0) is 9.59 Å². The first-order valence-corrected chi connectivity index (χ1v) is 3.43. The van der Waals surface area contributed by atoms with E-state index < -0.39 is 5.97 Å². The lowest BCUT2D eigenvalue weighted by Crippen LogP contribution is -2.01. The molecule has 0 amide bonds. The van der Waals surface area contributed by atoms with Crippen molar-refractivity contribution in [1.29, 1.82) is 0 Å². The molecule has 1 atom stereocenters. The van der Waals surface area contributed by atoms with Crippen LogP contribution < -0.4 is 0 Å². The number of carboxylic acid groups (broad SMARTS) is 1. The molecular weight excluding hydrogens is 144 g/mol. The Balaban J connectivity index is 3.77. The quantitative estimate of drug-likeness (QED) is 0.623. The van der Waals surface area contributed by atoms with Crippen molar-refractivity contribution in [2.24, 2.45) is 5.92 Å². The summed E-state index contributed by atoms with van der Waals surface area (Å²) in [6.07, 6.45) is 3.08. The first-order valence-electron chi connectivity index (χ1n) is 3.43. The molecule has 3 heteroatoms. The molecule has 0 radical (unpaired) electrons. The summed E-state index contributed by atoms with van der Waals surface area (Å²) >= 11 is 0. The maximum Gasteiger partial charge on any atom is 0.303 e. The lowest BCUT2D eigenvalue weighted by atomic mass is 10.1. The Kier molecular flexibility index (Phi) is 4.18. The van der Waals surface area contributed by atoms with Crippen LogP contribution in [0, 0.1) is 5.92 Å². The second kappa shape index (κ2) is 4.66.